The van der Waals surface area contributed by atoms with Crippen LogP contribution >= 0.6 is 0 Å². The number of nitrogens with zero attached hydrogens (tertiary/aromatic N) is 2. The maximum Gasteiger partial charge on any atom is 0.218 e. The lowest BCUT2D eigenvalue weighted by atomic mass is 10.0. The zero-order chi connectivity index (χ0) is 14.6. The Morgan fingerprint density at radius 1 is 1.25 bits per heavy atom. The predicted octanol–water partition coefficient (Wildman–Crippen LogP) is 1.30. The van der Waals surface area contributed by atoms with Crippen molar-refractivity contribution in [1.29, 1.82) is 5.26 Å². The average molecular weight is 292 g/mol. The van der Waals surface area contributed by atoms with Crippen LogP contribution in [0.25, 0.3) is 0 Å². The maximum absolute atomic E-state index is 12.3. The highest BCUT2D eigenvalue weighted by Crippen LogP contribution is 2.20. The van der Waals surface area contributed by atoms with Crippen molar-refractivity contribution in [3.8, 4) is 6.07 Å². The monoisotopic (exact) mass is 292 g/mol. The van der Waals surface area contributed by atoms with Crippen LogP contribution in [0.2, 0.25) is 0 Å². The molecular weight excluding hydrogens is 276 g/mol. The van der Waals surface area contributed by atoms with Gasteiger partial charge >= 0.3 is 0 Å². The molecule has 1 aromatic carbocycles. The molecule has 0 N–H and O–H groups in total. The molecule has 106 valence electrons. The third-order valence-corrected chi connectivity index (χ3v) is 5.37. The summed E-state index contributed by atoms with van der Waals surface area (Å²) in [7, 11) is -3.35. The first-order valence-electron chi connectivity index (χ1n) is 6.47. The lowest BCUT2D eigenvalue weighted by Gasteiger charge is -2.28. The van der Waals surface area contributed by atoms with Gasteiger partial charge in [-0.15, -0.1) is 0 Å². The second-order valence-electron chi connectivity index (χ2n) is 4.94. The molecule has 1 aliphatic rings. The van der Waals surface area contributed by atoms with Crippen molar-refractivity contribution in [3.05, 3.63) is 35.4 Å². The Bertz CT molecular complexity index is 609. The number of piperidine rings is 1. The molecule has 5 nitrogen and oxygen atoms in total. The van der Waals surface area contributed by atoms with Crippen molar-refractivity contribution in [1.82, 2.24) is 4.31 Å². The van der Waals surface area contributed by atoms with E-state index in [-0.39, 0.29) is 11.7 Å². The summed E-state index contributed by atoms with van der Waals surface area (Å²) in [5, 5.41) is 8.71. The van der Waals surface area contributed by atoms with Crippen LogP contribution in [-0.4, -0.2) is 32.1 Å². The molecule has 0 unspecified atom stereocenters. The molecular formula is C14H16N2O3S. The van der Waals surface area contributed by atoms with Gasteiger partial charge in [0, 0.05) is 19.0 Å². The lowest BCUT2D eigenvalue weighted by Crippen LogP contribution is -2.39. The number of sulfonamides is 1. The third-order valence-electron chi connectivity index (χ3n) is 3.52. The van der Waals surface area contributed by atoms with Crippen LogP contribution in [0.5, 0.6) is 0 Å². The minimum absolute atomic E-state index is 0.0173. The van der Waals surface area contributed by atoms with E-state index in [1.165, 1.54) is 4.31 Å². The number of hydrogen-bond donors (Lipinski definition) is 0. The summed E-state index contributed by atoms with van der Waals surface area (Å²) in [4.78, 5) is 10.7. The van der Waals surface area contributed by atoms with Gasteiger partial charge in [-0.3, -0.25) is 0 Å². The number of aldehydes is 1. The lowest BCUT2D eigenvalue weighted by molar-refractivity contribution is -0.112. The molecule has 0 radical (unpaired) electrons. The molecule has 0 bridgehead atoms. The summed E-state index contributed by atoms with van der Waals surface area (Å²) in [6.07, 6.45) is 2.09. The maximum atomic E-state index is 12.3. The molecule has 0 aliphatic carbocycles. The van der Waals surface area contributed by atoms with E-state index in [0.717, 1.165) is 6.29 Å². The van der Waals surface area contributed by atoms with Gasteiger partial charge in [0.15, 0.2) is 0 Å². The predicted molar refractivity (Wildman–Crippen MR) is 74.1 cm³/mol. The van der Waals surface area contributed by atoms with Crippen LogP contribution in [-0.2, 0) is 20.6 Å². The number of carbonyl (C=O) groups is 1. The van der Waals surface area contributed by atoms with Crippen molar-refractivity contribution in [2.24, 2.45) is 5.92 Å². The molecule has 20 heavy (non-hydrogen) atoms. The van der Waals surface area contributed by atoms with Crippen LogP contribution in [0.1, 0.15) is 24.0 Å². The first-order chi connectivity index (χ1) is 9.55. The molecule has 0 saturated carbocycles. The summed E-state index contributed by atoms with van der Waals surface area (Å²) in [5.41, 5.74) is 1.18. The normalized spacial score (nSPS) is 17.6. The summed E-state index contributed by atoms with van der Waals surface area (Å²) >= 11 is 0. The van der Waals surface area contributed by atoms with E-state index in [9.17, 15) is 13.2 Å². The van der Waals surface area contributed by atoms with Gasteiger partial charge < -0.3 is 4.79 Å². The van der Waals surface area contributed by atoms with E-state index < -0.39 is 10.0 Å². The fourth-order valence-corrected chi connectivity index (χ4v) is 3.83. The quantitative estimate of drug-likeness (QED) is 0.784. The highest BCUT2D eigenvalue weighted by Gasteiger charge is 2.27. The highest BCUT2D eigenvalue weighted by molar-refractivity contribution is 7.88. The minimum atomic E-state index is -3.35. The molecule has 1 aromatic rings. The second kappa shape index (κ2) is 6.16. The Morgan fingerprint density at radius 3 is 2.35 bits per heavy atom. The molecule has 0 spiro atoms. The molecule has 0 aromatic heterocycles. The van der Waals surface area contributed by atoms with Crippen LogP contribution in [0.3, 0.4) is 0 Å². The van der Waals surface area contributed by atoms with E-state index in [2.05, 4.69) is 0 Å². The Morgan fingerprint density at radius 2 is 1.85 bits per heavy atom. The molecule has 1 heterocycles. The van der Waals surface area contributed by atoms with Gasteiger partial charge in [-0.25, -0.2) is 12.7 Å². The topological polar surface area (TPSA) is 78.2 Å². The highest BCUT2D eigenvalue weighted by atomic mass is 32.2. The fourth-order valence-electron chi connectivity index (χ4n) is 2.27. The van der Waals surface area contributed by atoms with Gasteiger partial charge in [-0.1, -0.05) is 12.1 Å². The van der Waals surface area contributed by atoms with E-state index in [4.69, 9.17) is 5.26 Å². The number of hydrogen-bond acceptors (Lipinski definition) is 4. The van der Waals surface area contributed by atoms with Gasteiger partial charge in [0.05, 0.1) is 17.4 Å². The fraction of sp³-hybridized carbons (Fsp3) is 0.429. The summed E-state index contributed by atoms with van der Waals surface area (Å²) in [6.45, 7) is 0.810. The van der Waals surface area contributed by atoms with Crippen molar-refractivity contribution < 1.29 is 13.2 Å². The number of rotatable bonds is 4. The SMILES string of the molecule is N#Cc1ccc(CS(=O)(=O)N2CCC(C=O)CC2)cc1. The zero-order valence-corrected chi connectivity index (χ0v) is 11.8. The zero-order valence-electron chi connectivity index (χ0n) is 11.0. The van der Waals surface area contributed by atoms with Gasteiger partial charge in [-0.05, 0) is 30.5 Å². The van der Waals surface area contributed by atoms with Gasteiger partial charge in [0.25, 0.3) is 0 Å². The van der Waals surface area contributed by atoms with E-state index in [1.807, 2.05) is 6.07 Å². The number of benzene rings is 1. The molecule has 0 atom stereocenters. The Kier molecular flexibility index (Phi) is 4.53. The Hall–Kier alpha value is -1.71. The van der Waals surface area contributed by atoms with Crippen LogP contribution in [0, 0.1) is 17.2 Å². The van der Waals surface area contributed by atoms with E-state index >= 15 is 0 Å². The van der Waals surface area contributed by atoms with Crippen molar-refractivity contribution >= 4 is 16.3 Å². The average Bonchev–Trinajstić information content (AvgIpc) is 2.48. The standard InChI is InChI=1S/C14H16N2O3S/c15-9-12-1-3-14(4-2-12)11-20(18,19)16-7-5-13(10-17)6-8-16/h1-4,10,13H,5-8,11H2. The molecule has 1 aliphatic heterocycles. The van der Waals surface area contributed by atoms with Crippen LogP contribution < -0.4 is 0 Å². The van der Waals surface area contributed by atoms with Crippen molar-refractivity contribution in [2.45, 2.75) is 18.6 Å². The molecule has 2 rings (SSSR count). The summed E-state index contributed by atoms with van der Waals surface area (Å²) in [6, 6.07) is 8.55. The van der Waals surface area contributed by atoms with Gasteiger partial charge in [0.2, 0.25) is 10.0 Å². The molecule has 6 heteroatoms. The number of nitriles is 1. The molecule has 0 amide bonds. The number of carbonyl (C=O) groups excluding carboxylic acids is 1. The van der Waals surface area contributed by atoms with Crippen LogP contribution in [0.4, 0.5) is 0 Å². The Labute approximate surface area is 118 Å². The smallest absolute Gasteiger partial charge is 0.218 e. The van der Waals surface area contributed by atoms with Gasteiger partial charge in [0.1, 0.15) is 6.29 Å². The minimum Gasteiger partial charge on any atom is -0.303 e. The summed E-state index contributed by atoms with van der Waals surface area (Å²) in [5.74, 6) is -0.0823. The van der Waals surface area contributed by atoms with Gasteiger partial charge in [-0.2, -0.15) is 5.26 Å². The van der Waals surface area contributed by atoms with E-state index in [1.54, 1.807) is 24.3 Å². The Balaban J connectivity index is 2.04. The molecule has 1 fully saturated rings. The summed E-state index contributed by atoms with van der Waals surface area (Å²) < 4.78 is 26.0. The largest absolute Gasteiger partial charge is 0.303 e. The van der Waals surface area contributed by atoms with Crippen LogP contribution in [0.15, 0.2) is 24.3 Å². The third kappa shape index (κ3) is 3.44. The second-order valence-corrected chi connectivity index (χ2v) is 6.91. The van der Waals surface area contributed by atoms with E-state index in [0.29, 0.717) is 37.1 Å². The first kappa shape index (κ1) is 14.7. The molecule has 1 saturated heterocycles. The van der Waals surface area contributed by atoms with Crippen molar-refractivity contribution in [2.75, 3.05) is 13.1 Å². The van der Waals surface area contributed by atoms with Crippen molar-refractivity contribution in [3.63, 3.8) is 0 Å². The first-order valence-corrected chi connectivity index (χ1v) is 8.08.